The number of hydrogen-bond acceptors (Lipinski definition) is 6. The zero-order chi connectivity index (χ0) is 20.4. The summed E-state index contributed by atoms with van der Waals surface area (Å²) >= 11 is 1.22. The maximum atomic E-state index is 12.6. The fourth-order valence-electron chi connectivity index (χ4n) is 3.33. The van der Waals surface area contributed by atoms with Gasteiger partial charge in [-0.2, -0.15) is 23.3 Å². The van der Waals surface area contributed by atoms with E-state index in [1.165, 1.54) is 17.8 Å². The van der Waals surface area contributed by atoms with Gasteiger partial charge in [0.15, 0.2) is 0 Å². The molecule has 0 spiro atoms. The number of alkyl halides is 3. The first-order valence-corrected chi connectivity index (χ1v) is 10.0. The summed E-state index contributed by atoms with van der Waals surface area (Å²) in [5.41, 5.74) is 0.449. The molecule has 1 aliphatic rings. The lowest BCUT2D eigenvalue weighted by molar-refractivity contribution is -0.159. The maximum Gasteiger partial charge on any atom is 0.471 e. The Morgan fingerprint density at radius 3 is 2.76 bits per heavy atom. The van der Waals surface area contributed by atoms with Gasteiger partial charge < -0.3 is 9.84 Å². The van der Waals surface area contributed by atoms with Crippen LogP contribution in [-0.2, 0) is 12.7 Å². The van der Waals surface area contributed by atoms with Crippen molar-refractivity contribution in [3.8, 4) is 10.7 Å². The highest BCUT2D eigenvalue weighted by Gasteiger charge is 2.38. The molecular weight excluding hydrogens is 407 g/mol. The van der Waals surface area contributed by atoms with Crippen LogP contribution >= 0.6 is 11.3 Å². The number of carbonyl (C=O) groups excluding carboxylic acids is 1. The van der Waals surface area contributed by atoms with E-state index in [9.17, 15) is 18.0 Å². The van der Waals surface area contributed by atoms with E-state index in [0.717, 1.165) is 30.6 Å². The zero-order valence-corrected chi connectivity index (χ0v) is 16.1. The van der Waals surface area contributed by atoms with Gasteiger partial charge in [0.2, 0.25) is 5.82 Å². The van der Waals surface area contributed by atoms with E-state index in [4.69, 9.17) is 0 Å². The number of carbonyl (C=O) groups is 1. The Kier molecular flexibility index (Phi) is 5.39. The Hall–Kier alpha value is -2.69. The van der Waals surface area contributed by atoms with Crippen LogP contribution in [0.5, 0.6) is 0 Å². The summed E-state index contributed by atoms with van der Waals surface area (Å²) in [6.45, 7) is 0.315. The van der Waals surface area contributed by atoms with Crippen LogP contribution in [0.1, 0.15) is 53.4 Å². The van der Waals surface area contributed by atoms with Gasteiger partial charge in [0.25, 0.3) is 5.91 Å². The molecule has 7 nitrogen and oxygen atoms in total. The second kappa shape index (κ2) is 7.97. The van der Waals surface area contributed by atoms with Crippen molar-refractivity contribution in [2.45, 2.75) is 50.9 Å². The first-order chi connectivity index (χ1) is 13.9. The molecule has 3 aromatic rings. The molecule has 154 valence electrons. The van der Waals surface area contributed by atoms with Crippen LogP contribution in [0.2, 0.25) is 0 Å². The van der Waals surface area contributed by atoms with Crippen molar-refractivity contribution >= 4 is 17.2 Å². The van der Waals surface area contributed by atoms with Crippen LogP contribution in [0.15, 0.2) is 28.9 Å². The van der Waals surface area contributed by atoms with E-state index in [-0.39, 0.29) is 17.8 Å². The van der Waals surface area contributed by atoms with Gasteiger partial charge in [0.1, 0.15) is 5.69 Å². The Labute approximate surface area is 167 Å². The lowest BCUT2D eigenvalue weighted by Gasteiger charge is -2.22. The Balaban J connectivity index is 1.45. The number of hydrogen-bond donors (Lipinski definition) is 1. The molecule has 0 aromatic carbocycles. The lowest BCUT2D eigenvalue weighted by atomic mass is 9.95. The lowest BCUT2D eigenvalue weighted by Crippen LogP contribution is -2.37. The maximum absolute atomic E-state index is 12.6. The minimum absolute atomic E-state index is 0.121. The number of nitrogens with zero attached hydrogens (tertiary/aromatic N) is 4. The summed E-state index contributed by atoms with van der Waals surface area (Å²) in [5, 5.41) is 10.7. The number of nitrogens with one attached hydrogen (secondary N) is 1. The largest absolute Gasteiger partial charge is 0.471 e. The van der Waals surface area contributed by atoms with Crippen molar-refractivity contribution in [1.82, 2.24) is 25.2 Å². The van der Waals surface area contributed by atoms with Crippen molar-refractivity contribution in [2.24, 2.45) is 0 Å². The van der Waals surface area contributed by atoms with E-state index >= 15 is 0 Å². The van der Waals surface area contributed by atoms with E-state index in [1.54, 1.807) is 29.1 Å². The fourth-order valence-corrected chi connectivity index (χ4v) is 4.24. The second-order valence-corrected chi connectivity index (χ2v) is 8.04. The number of aromatic nitrogens is 4. The molecule has 0 atom stereocenters. The summed E-state index contributed by atoms with van der Waals surface area (Å²) in [5.74, 6) is -1.67. The average molecular weight is 425 g/mol. The van der Waals surface area contributed by atoms with E-state index in [1.807, 2.05) is 0 Å². The van der Waals surface area contributed by atoms with Gasteiger partial charge in [-0.1, -0.05) is 24.4 Å². The van der Waals surface area contributed by atoms with Crippen molar-refractivity contribution in [1.29, 1.82) is 0 Å². The summed E-state index contributed by atoms with van der Waals surface area (Å²) in [6.07, 6.45) is 2.29. The minimum atomic E-state index is -4.68. The van der Waals surface area contributed by atoms with Crippen LogP contribution in [0.4, 0.5) is 13.2 Å². The van der Waals surface area contributed by atoms with Gasteiger partial charge in [-0.3, -0.25) is 9.48 Å². The quantitative estimate of drug-likeness (QED) is 0.665. The number of amides is 1. The molecule has 1 saturated carbocycles. The third-order valence-electron chi connectivity index (χ3n) is 4.75. The Morgan fingerprint density at radius 1 is 1.24 bits per heavy atom. The molecule has 11 heteroatoms. The third kappa shape index (κ3) is 4.50. The Morgan fingerprint density at radius 2 is 2.03 bits per heavy atom. The van der Waals surface area contributed by atoms with Crippen LogP contribution in [0.25, 0.3) is 10.7 Å². The standard InChI is InChI=1S/C18H18F3N5O2S/c19-18(20,21)17-24-15(25-28-17)14-7-6-12(29-14)10-26-13(8-9-22-26)16(27)23-11-4-2-1-3-5-11/h6-9,11H,1-5,10H2,(H,23,27). The zero-order valence-electron chi connectivity index (χ0n) is 15.3. The van der Waals surface area contributed by atoms with Gasteiger partial charge in [-0.15, -0.1) is 11.3 Å². The average Bonchev–Trinajstić information content (AvgIpc) is 3.42. The third-order valence-corrected chi connectivity index (χ3v) is 5.81. The number of thiophene rings is 1. The van der Waals surface area contributed by atoms with E-state index < -0.39 is 12.1 Å². The summed E-state index contributed by atoms with van der Waals surface area (Å²) in [4.78, 5) is 17.2. The molecule has 1 amide bonds. The summed E-state index contributed by atoms with van der Waals surface area (Å²) in [6, 6.07) is 5.21. The fraction of sp³-hybridized carbons (Fsp3) is 0.444. The normalized spacial score (nSPS) is 15.6. The molecule has 3 aromatic heterocycles. The minimum Gasteiger partial charge on any atom is -0.348 e. The van der Waals surface area contributed by atoms with Crippen LogP contribution in [-0.4, -0.2) is 31.9 Å². The highest BCUT2D eigenvalue weighted by molar-refractivity contribution is 7.15. The first kappa shape index (κ1) is 19.6. The van der Waals surface area contributed by atoms with Gasteiger partial charge in [-0.25, -0.2) is 0 Å². The molecule has 3 heterocycles. The predicted octanol–water partition coefficient (Wildman–Crippen LogP) is 4.12. The van der Waals surface area contributed by atoms with Gasteiger partial charge in [0, 0.05) is 17.1 Å². The van der Waals surface area contributed by atoms with Crippen molar-refractivity contribution in [3.63, 3.8) is 0 Å². The van der Waals surface area contributed by atoms with Gasteiger partial charge >= 0.3 is 12.1 Å². The molecule has 0 radical (unpaired) electrons. The highest BCUT2D eigenvalue weighted by Crippen LogP contribution is 2.32. The molecular formula is C18H18F3N5O2S. The number of rotatable bonds is 5. The van der Waals surface area contributed by atoms with Gasteiger partial charge in [-0.05, 0) is 31.0 Å². The number of halogens is 3. The van der Waals surface area contributed by atoms with E-state index in [2.05, 4.69) is 25.1 Å². The van der Waals surface area contributed by atoms with Crippen molar-refractivity contribution in [3.05, 3.63) is 40.9 Å². The second-order valence-electron chi connectivity index (χ2n) is 6.87. The van der Waals surface area contributed by atoms with Crippen molar-refractivity contribution in [2.75, 3.05) is 0 Å². The summed E-state index contributed by atoms with van der Waals surface area (Å²) < 4.78 is 43.7. The molecule has 0 saturated heterocycles. The molecule has 0 unspecified atom stereocenters. The highest BCUT2D eigenvalue weighted by atomic mass is 32.1. The Bertz CT molecular complexity index is 988. The van der Waals surface area contributed by atoms with Crippen LogP contribution in [0.3, 0.4) is 0 Å². The topological polar surface area (TPSA) is 85.8 Å². The smallest absolute Gasteiger partial charge is 0.348 e. The molecule has 0 aliphatic heterocycles. The van der Waals surface area contributed by atoms with Crippen LogP contribution in [0, 0.1) is 0 Å². The molecule has 0 bridgehead atoms. The van der Waals surface area contributed by atoms with E-state index in [0.29, 0.717) is 17.1 Å². The first-order valence-electron chi connectivity index (χ1n) is 9.23. The summed E-state index contributed by atoms with van der Waals surface area (Å²) in [7, 11) is 0. The van der Waals surface area contributed by atoms with Crippen molar-refractivity contribution < 1.29 is 22.5 Å². The monoisotopic (exact) mass is 425 g/mol. The molecule has 29 heavy (non-hydrogen) atoms. The molecule has 1 aliphatic carbocycles. The van der Waals surface area contributed by atoms with Gasteiger partial charge in [0.05, 0.1) is 11.4 Å². The predicted molar refractivity (Wildman–Crippen MR) is 98.3 cm³/mol. The molecule has 1 fully saturated rings. The van der Waals surface area contributed by atoms with Crippen LogP contribution < -0.4 is 5.32 Å². The SMILES string of the molecule is O=C(NC1CCCCC1)c1ccnn1Cc1ccc(-c2noc(C(F)(F)F)n2)s1. The molecule has 4 rings (SSSR count). The molecule has 1 N–H and O–H groups in total.